The number of H-pyrrole nitrogens is 1. The van der Waals surface area contributed by atoms with Crippen LogP contribution in [0.5, 0.6) is 0 Å². The van der Waals surface area contributed by atoms with Crippen LogP contribution in [0.15, 0.2) is 47.3 Å². The third-order valence-electron chi connectivity index (χ3n) is 4.11. The molecule has 3 rings (SSSR count). The number of hydrogen-bond donors (Lipinski definition) is 1. The summed E-state index contributed by atoms with van der Waals surface area (Å²) in [6.45, 7) is 0.211. The van der Waals surface area contributed by atoms with Crippen LogP contribution < -0.4 is 10.5 Å². The van der Waals surface area contributed by atoms with Crippen molar-refractivity contribution in [3.8, 4) is 0 Å². The molecule has 0 unspecified atom stereocenters. The summed E-state index contributed by atoms with van der Waals surface area (Å²) in [4.78, 5) is 34.4. The zero-order valence-corrected chi connectivity index (χ0v) is 14.9. The van der Waals surface area contributed by atoms with Gasteiger partial charge >= 0.3 is 0 Å². The molecule has 1 amide bonds. The fourth-order valence-electron chi connectivity index (χ4n) is 2.71. The van der Waals surface area contributed by atoms with Crippen LogP contribution in [0.2, 0.25) is 0 Å². The number of carbonyl (C=O) groups is 1. The zero-order chi connectivity index (χ0) is 19.6. The number of fused-ring (bicyclic) bond motifs is 1. The summed E-state index contributed by atoms with van der Waals surface area (Å²) in [6.07, 6.45) is 0. The lowest BCUT2D eigenvalue weighted by Gasteiger charge is -2.21. The number of nitrogens with one attached hydrogen (secondary N) is 1. The van der Waals surface area contributed by atoms with Crippen LogP contribution >= 0.6 is 0 Å². The SMILES string of the molecule is CN(CC(=O)N(C)c1cccc(F)c1)Cc1nc2cc(F)ccc2c(=O)[nH]1. The Hall–Kier alpha value is -3.13. The average Bonchev–Trinajstić information content (AvgIpc) is 2.60. The average molecular weight is 372 g/mol. The molecule has 1 aromatic heterocycles. The van der Waals surface area contributed by atoms with Gasteiger partial charge in [-0.05, 0) is 37.4 Å². The number of halogens is 2. The fraction of sp³-hybridized carbons (Fsp3) is 0.211. The highest BCUT2D eigenvalue weighted by Crippen LogP contribution is 2.14. The first-order chi connectivity index (χ1) is 12.8. The van der Waals surface area contributed by atoms with Crippen molar-refractivity contribution in [1.29, 1.82) is 0 Å². The molecular formula is C19H18F2N4O2. The minimum absolute atomic E-state index is 0.0257. The molecule has 0 aliphatic rings. The van der Waals surface area contributed by atoms with Crippen molar-refractivity contribution in [2.45, 2.75) is 6.54 Å². The van der Waals surface area contributed by atoms with E-state index in [9.17, 15) is 18.4 Å². The molecule has 0 atom stereocenters. The minimum atomic E-state index is -0.480. The number of amides is 1. The molecule has 3 aromatic rings. The molecule has 140 valence electrons. The number of aromatic nitrogens is 2. The minimum Gasteiger partial charge on any atom is -0.314 e. The van der Waals surface area contributed by atoms with Crippen LogP contribution in [-0.2, 0) is 11.3 Å². The number of anilines is 1. The normalized spacial score (nSPS) is 11.1. The molecule has 1 N–H and O–H groups in total. The van der Waals surface area contributed by atoms with E-state index in [4.69, 9.17) is 0 Å². The Morgan fingerprint density at radius 3 is 2.59 bits per heavy atom. The summed E-state index contributed by atoms with van der Waals surface area (Å²) in [7, 11) is 3.25. The standard InChI is InChI=1S/C19H18F2N4O2/c1-24(11-18(26)25(2)14-5-3-4-12(20)8-14)10-17-22-16-9-13(21)6-7-15(16)19(27)23-17/h3-9H,10-11H2,1-2H3,(H,22,23,27). The van der Waals surface area contributed by atoms with Gasteiger partial charge in [0.25, 0.3) is 5.56 Å². The van der Waals surface area contributed by atoms with E-state index in [1.165, 1.54) is 41.3 Å². The molecule has 1 heterocycles. The maximum absolute atomic E-state index is 13.4. The fourth-order valence-corrected chi connectivity index (χ4v) is 2.71. The highest BCUT2D eigenvalue weighted by Gasteiger charge is 2.15. The molecular weight excluding hydrogens is 354 g/mol. The zero-order valence-electron chi connectivity index (χ0n) is 14.9. The van der Waals surface area contributed by atoms with E-state index in [-0.39, 0.29) is 30.1 Å². The number of carbonyl (C=O) groups excluding carboxylic acids is 1. The van der Waals surface area contributed by atoms with Crippen LogP contribution in [0.3, 0.4) is 0 Å². The highest BCUT2D eigenvalue weighted by molar-refractivity contribution is 5.94. The third kappa shape index (κ3) is 4.35. The second-order valence-corrected chi connectivity index (χ2v) is 6.28. The first-order valence-electron chi connectivity index (χ1n) is 8.22. The predicted octanol–water partition coefficient (Wildman–Crippen LogP) is 2.30. The molecule has 8 heteroatoms. The Bertz CT molecular complexity index is 1050. The Labute approximate surface area is 154 Å². The van der Waals surface area contributed by atoms with Crippen molar-refractivity contribution in [2.75, 3.05) is 25.5 Å². The summed E-state index contributed by atoms with van der Waals surface area (Å²) < 4.78 is 26.7. The van der Waals surface area contributed by atoms with Gasteiger partial charge in [0.2, 0.25) is 5.91 Å². The molecule has 0 aliphatic heterocycles. The summed E-state index contributed by atoms with van der Waals surface area (Å²) in [5.41, 5.74) is 0.332. The second-order valence-electron chi connectivity index (χ2n) is 6.28. The van der Waals surface area contributed by atoms with E-state index in [1.807, 2.05) is 0 Å². The summed E-state index contributed by atoms with van der Waals surface area (Å²) >= 11 is 0. The lowest BCUT2D eigenvalue weighted by molar-refractivity contribution is -0.119. The second kappa shape index (κ2) is 7.63. The Balaban J connectivity index is 1.72. The lowest BCUT2D eigenvalue weighted by atomic mass is 10.2. The van der Waals surface area contributed by atoms with Gasteiger partial charge in [-0.15, -0.1) is 0 Å². The van der Waals surface area contributed by atoms with E-state index >= 15 is 0 Å². The third-order valence-corrected chi connectivity index (χ3v) is 4.11. The van der Waals surface area contributed by atoms with Crippen molar-refractivity contribution in [1.82, 2.24) is 14.9 Å². The number of hydrogen-bond acceptors (Lipinski definition) is 4. The van der Waals surface area contributed by atoms with E-state index in [0.717, 1.165) is 0 Å². The molecule has 0 spiro atoms. The quantitative estimate of drug-likeness (QED) is 0.746. The van der Waals surface area contributed by atoms with Crippen molar-refractivity contribution < 1.29 is 13.6 Å². The lowest BCUT2D eigenvalue weighted by Crippen LogP contribution is -2.37. The predicted molar refractivity (Wildman–Crippen MR) is 98.5 cm³/mol. The van der Waals surface area contributed by atoms with E-state index in [1.54, 1.807) is 25.1 Å². The van der Waals surface area contributed by atoms with Crippen LogP contribution in [0.4, 0.5) is 14.5 Å². The van der Waals surface area contributed by atoms with Gasteiger partial charge in [0.15, 0.2) is 0 Å². The van der Waals surface area contributed by atoms with Gasteiger partial charge in [-0.25, -0.2) is 13.8 Å². The Morgan fingerprint density at radius 2 is 1.85 bits per heavy atom. The topological polar surface area (TPSA) is 69.3 Å². The van der Waals surface area contributed by atoms with Crippen molar-refractivity contribution in [3.63, 3.8) is 0 Å². The summed E-state index contributed by atoms with van der Waals surface area (Å²) in [5.74, 6) is -0.837. The van der Waals surface area contributed by atoms with Gasteiger partial charge in [-0.2, -0.15) is 0 Å². The van der Waals surface area contributed by atoms with Gasteiger partial charge in [0.1, 0.15) is 17.5 Å². The first-order valence-corrected chi connectivity index (χ1v) is 8.22. The molecule has 0 saturated carbocycles. The molecule has 0 bridgehead atoms. The first kappa shape index (κ1) is 18.7. The Morgan fingerprint density at radius 1 is 1.11 bits per heavy atom. The van der Waals surface area contributed by atoms with E-state index < -0.39 is 11.6 Å². The van der Waals surface area contributed by atoms with Gasteiger partial charge < -0.3 is 9.88 Å². The highest BCUT2D eigenvalue weighted by atomic mass is 19.1. The van der Waals surface area contributed by atoms with Crippen molar-refractivity contribution in [2.24, 2.45) is 0 Å². The van der Waals surface area contributed by atoms with E-state index in [2.05, 4.69) is 9.97 Å². The van der Waals surface area contributed by atoms with Crippen molar-refractivity contribution >= 4 is 22.5 Å². The van der Waals surface area contributed by atoms with Crippen LogP contribution in [0.25, 0.3) is 10.9 Å². The van der Waals surface area contributed by atoms with Gasteiger partial charge in [0.05, 0.1) is 24.0 Å². The molecule has 2 aromatic carbocycles. The number of aromatic amines is 1. The largest absolute Gasteiger partial charge is 0.314 e. The van der Waals surface area contributed by atoms with E-state index in [0.29, 0.717) is 16.9 Å². The molecule has 6 nitrogen and oxygen atoms in total. The number of nitrogens with zero attached hydrogens (tertiary/aromatic N) is 3. The molecule has 27 heavy (non-hydrogen) atoms. The van der Waals surface area contributed by atoms with Crippen molar-refractivity contribution in [3.05, 3.63) is 70.3 Å². The van der Waals surface area contributed by atoms with Crippen LogP contribution in [0, 0.1) is 11.6 Å². The summed E-state index contributed by atoms with van der Waals surface area (Å²) in [6, 6.07) is 9.51. The van der Waals surface area contributed by atoms with Gasteiger partial charge in [0, 0.05) is 18.8 Å². The molecule has 0 fully saturated rings. The monoisotopic (exact) mass is 372 g/mol. The maximum atomic E-state index is 13.4. The molecule has 0 saturated heterocycles. The summed E-state index contributed by atoms with van der Waals surface area (Å²) in [5, 5.41) is 0.296. The van der Waals surface area contributed by atoms with Gasteiger partial charge in [-0.3, -0.25) is 14.5 Å². The van der Waals surface area contributed by atoms with Crippen LogP contribution in [-0.4, -0.2) is 41.4 Å². The molecule has 0 radical (unpaired) electrons. The number of benzene rings is 2. The maximum Gasteiger partial charge on any atom is 0.258 e. The van der Waals surface area contributed by atoms with Gasteiger partial charge in [-0.1, -0.05) is 6.07 Å². The number of rotatable bonds is 5. The Kier molecular flexibility index (Phi) is 5.27. The smallest absolute Gasteiger partial charge is 0.258 e. The number of likely N-dealkylation sites (N-methyl/N-ethyl adjacent to an activating group) is 2. The molecule has 0 aliphatic carbocycles. The van der Waals surface area contributed by atoms with Crippen LogP contribution in [0.1, 0.15) is 5.82 Å².